The van der Waals surface area contributed by atoms with Gasteiger partial charge in [0.15, 0.2) is 0 Å². The number of hydrogen-bond acceptors (Lipinski definition) is 1. The van der Waals surface area contributed by atoms with Gasteiger partial charge in [0.1, 0.15) is 0 Å². The van der Waals surface area contributed by atoms with Crippen molar-refractivity contribution < 1.29 is 0 Å². The Morgan fingerprint density at radius 3 is 2.80 bits per heavy atom. The first-order valence-electron chi connectivity index (χ1n) is 9.49. The van der Waals surface area contributed by atoms with Crippen molar-refractivity contribution in [1.82, 2.24) is 9.88 Å². The minimum Gasteiger partial charge on any atom is -0.347 e. The van der Waals surface area contributed by atoms with E-state index < -0.39 is 0 Å². The van der Waals surface area contributed by atoms with Crippen LogP contribution in [0.4, 0.5) is 0 Å². The fraction of sp³-hybridized carbons (Fsp3) is 0.391. The summed E-state index contributed by atoms with van der Waals surface area (Å²) in [6, 6.07) is 8.56. The number of nitrogens with one attached hydrogen (secondary N) is 1. The molecule has 2 aromatic rings. The normalized spacial score (nSPS) is 13.2. The number of nitrogens with zero attached hydrogens (tertiary/aromatic N) is 1. The van der Waals surface area contributed by atoms with Crippen molar-refractivity contribution >= 4 is 17.0 Å². The Morgan fingerprint density at radius 1 is 1.20 bits per heavy atom. The van der Waals surface area contributed by atoms with Gasteiger partial charge in [-0.25, -0.2) is 0 Å². The van der Waals surface area contributed by atoms with Crippen LogP contribution < -0.4 is 5.32 Å². The maximum atomic E-state index is 3.93. The lowest BCUT2D eigenvalue weighted by Crippen LogP contribution is -2.22. The summed E-state index contributed by atoms with van der Waals surface area (Å²) in [6.45, 7) is 11.6. The Morgan fingerprint density at radius 2 is 2.00 bits per heavy atom. The summed E-state index contributed by atoms with van der Waals surface area (Å²) >= 11 is 0. The molecule has 2 heteroatoms. The van der Waals surface area contributed by atoms with Gasteiger partial charge in [0.05, 0.1) is 0 Å². The van der Waals surface area contributed by atoms with Crippen LogP contribution in [0.2, 0.25) is 0 Å². The zero-order valence-corrected chi connectivity index (χ0v) is 15.7. The van der Waals surface area contributed by atoms with Gasteiger partial charge in [-0.3, -0.25) is 0 Å². The highest BCUT2D eigenvalue weighted by atomic mass is 15.0. The van der Waals surface area contributed by atoms with Crippen LogP contribution >= 0.6 is 0 Å². The van der Waals surface area contributed by atoms with E-state index in [9.17, 15) is 0 Å². The third-order valence-electron chi connectivity index (χ3n) is 4.44. The zero-order chi connectivity index (χ0) is 17.9. The predicted octanol–water partition coefficient (Wildman–Crippen LogP) is 5.81. The van der Waals surface area contributed by atoms with Crippen LogP contribution in [0.15, 0.2) is 61.3 Å². The number of fused-ring (bicyclic) bond motifs is 1. The summed E-state index contributed by atoms with van der Waals surface area (Å²) in [5.41, 5.74) is 2.53. The second-order valence-corrected chi connectivity index (χ2v) is 6.66. The van der Waals surface area contributed by atoms with E-state index in [1.165, 1.54) is 16.5 Å². The fourth-order valence-electron chi connectivity index (χ4n) is 3.03. The van der Waals surface area contributed by atoms with Gasteiger partial charge >= 0.3 is 0 Å². The first-order chi connectivity index (χ1) is 12.3. The molecule has 25 heavy (non-hydrogen) atoms. The van der Waals surface area contributed by atoms with Crippen LogP contribution in [-0.4, -0.2) is 17.7 Å². The molecule has 0 aliphatic rings. The number of aryl methyl sites for hydroxylation is 1. The number of hydrogen-bond donors (Lipinski definition) is 1. The summed E-state index contributed by atoms with van der Waals surface area (Å²) in [4.78, 5) is 0. The molecule has 0 amide bonds. The number of allylic oxidation sites excluding steroid dienone is 4. The number of aromatic nitrogens is 1. The van der Waals surface area contributed by atoms with Gasteiger partial charge in [0.2, 0.25) is 0 Å². The maximum Gasteiger partial charge on any atom is 0.0486 e. The molecule has 0 fully saturated rings. The monoisotopic (exact) mass is 336 g/mol. The molecule has 1 aromatic carbocycles. The minimum atomic E-state index is 0.672. The van der Waals surface area contributed by atoms with Crippen molar-refractivity contribution in [1.29, 1.82) is 0 Å². The number of benzene rings is 1. The smallest absolute Gasteiger partial charge is 0.0486 e. The van der Waals surface area contributed by atoms with E-state index >= 15 is 0 Å². The van der Waals surface area contributed by atoms with Crippen molar-refractivity contribution in [3.8, 4) is 0 Å². The Hall–Kier alpha value is -2.06. The average Bonchev–Trinajstić information content (AvgIpc) is 2.99. The van der Waals surface area contributed by atoms with Gasteiger partial charge in [0, 0.05) is 23.6 Å². The first kappa shape index (κ1) is 19.3. The third-order valence-corrected chi connectivity index (χ3v) is 4.44. The quantitative estimate of drug-likeness (QED) is 0.404. The third kappa shape index (κ3) is 6.06. The molecule has 0 aliphatic carbocycles. The van der Waals surface area contributed by atoms with Gasteiger partial charge in [-0.1, -0.05) is 69.0 Å². The topological polar surface area (TPSA) is 17.0 Å². The summed E-state index contributed by atoms with van der Waals surface area (Å²) in [5, 5.41) is 4.89. The Labute approximate surface area is 152 Å². The van der Waals surface area contributed by atoms with E-state index in [2.05, 4.69) is 85.1 Å². The molecule has 1 heterocycles. The van der Waals surface area contributed by atoms with Gasteiger partial charge in [0.25, 0.3) is 0 Å². The number of rotatable bonds is 11. The van der Waals surface area contributed by atoms with Crippen LogP contribution in [0.1, 0.15) is 38.7 Å². The van der Waals surface area contributed by atoms with Gasteiger partial charge in [-0.15, -0.1) is 0 Å². The molecule has 1 atom stereocenters. The Balaban J connectivity index is 1.70. The van der Waals surface area contributed by atoms with Gasteiger partial charge in [-0.05, 0) is 49.9 Å². The molecule has 0 saturated heterocycles. The molecule has 2 rings (SSSR count). The molecule has 2 nitrogen and oxygen atoms in total. The molecule has 1 aromatic heterocycles. The molecule has 0 saturated carbocycles. The van der Waals surface area contributed by atoms with E-state index in [0.717, 1.165) is 38.9 Å². The highest BCUT2D eigenvalue weighted by Gasteiger charge is 2.05. The van der Waals surface area contributed by atoms with E-state index in [0.29, 0.717) is 5.92 Å². The second kappa shape index (κ2) is 10.7. The van der Waals surface area contributed by atoms with Crippen LogP contribution in [-0.2, 0) is 6.54 Å². The molecular formula is C23H32N2. The standard InChI is InChI=1S/C23H32N2/c1-4-6-7-8-9-13-20(3)18-24-16-12-17-25-19-21(5-2)22-14-10-11-15-23(22)25/h5-11,14-15,19-20,24H,2,4,12-13,16-18H2,1,3H3/b7-6-,9-8-. The molecule has 0 bridgehead atoms. The summed E-state index contributed by atoms with van der Waals surface area (Å²) < 4.78 is 2.35. The van der Waals surface area contributed by atoms with Gasteiger partial charge < -0.3 is 9.88 Å². The maximum absolute atomic E-state index is 3.93. The van der Waals surface area contributed by atoms with Crippen LogP contribution in [0.5, 0.6) is 0 Å². The van der Waals surface area contributed by atoms with Gasteiger partial charge in [-0.2, -0.15) is 0 Å². The summed E-state index contributed by atoms with van der Waals surface area (Å²) in [6.07, 6.45) is 16.3. The van der Waals surface area contributed by atoms with Crippen molar-refractivity contribution in [3.05, 3.63) is 66.9 Å². The molecule has 1 N–H and O–H groups in total. The summed E-state index contributed by atoms with van der Waals surface area (Å²) in [7, 11) is 0. The number of para-hydroxylation sites is 1. The fourth-order valence-corrected chi connectivity index (χ4v) is 3.03. The van der Waals surface area contributed by atoms with E-state index in [-0.39, 0.29) is 0 Å². The molecule has 1 unspecified atom stereocenters. The van der Waals surface area contributed by atoms with Crippen LogP contribution in [0.3, 0.4) is 0 Å². The van der Waals surface area contributed by atoms with Crippen molar-refractivity contribution in [2.75, 3.05) is 13.1 Å². The lowest BCUT2D eigenvalue weighted by molar-refractivity contribution is 0.501. The largest absolute Gasteiger partial charge is 0.347 e. The minimum absolute atomic E-state index is 0.672. The van der Waals surface area contributed by atoms with Crippen molar-refractivity contribution in [2.45, 2.75) is 39.7 Å². The SMILES string of the molecule is C=Cc1cn(CCCNCC(C)C/C=C\C=C/CC)c2ccccc12. The highest BCUT2D eigenvalue weighted by Crippen LogP contribution is 2.22. The van der Waals surface area contributed by atoms with Crippen LogP contribution in [0, 0.1) is 5.92 Å². The van der Waals surface area contributed by atoms with E-state index in [1.54, 1.807) is 0 Å². The average molecular weight is 337 g/mol. The molecule has 0 spiro atoms. The predicted molar refractivity (Wildman–Crippen MR) is 112 cm³/mol. The van der Waals surface area contributed by atoms with Crippen LogP contribution in [0.25, 0.3) is 17.0 Å². The molecule has 0 aliphatic heterocycles. The van der Waals surface area contributed by atoms with E-state index in [1.807, 2.05) is 6.08 Å². The van der Waals surface area contributed by atoms with Crippen molar-refractivity contribution in [2.24, 2.45) is 5.92 Å². The lowest BCUT2D eigenvalue weighted by atomic mass is 10.1. The Kier molecular flexibility index (Phi) is 8.27. The van der Waals surface area contributed by atoms with Crippen molar-refractivity contribution in [3.63, 3.8) is 0 Å². The molecule has 134 valence electrons. The zero-order valence-electron chi connectivity index (χ0n) is 15.7. The lowest BCUT2D eigenvalue weighted by Gasteiger charge is -2.11. The highest BCUT2D eigenvalue weighted by molar-refractivity contribution is 5.89. The molecule has 0 radical (unpaired) electrons. The summed E-state index contributed by atoms with van der Waals surface area (Å²) in [5.74, 6) is 0.672. The Bertz CT molecular complexity index is 706. The molecular weight excluding hydrogens is 304 g/mol. The van der Waals surface area contributed by atoms with E-state index in [4.69, 9.17) is 0 Å². The second-order valence-electron chi connectivity index (χ2n) is 6.66. The first-order valence-corrected chi connectivity index (χ1v) is 9.49.